The lowest BCUT2D eigenvalue weighted by atomic mass is 9.97. The third-order valence-electron chi connectivity index (χ3n) is 5.07. The number of carbonyl (C=O) groups is 1. The summed E-state index contributed by atoms with van der Waals surface area (Å²) in [6.45, 7) is 4.65. The van der Waals surface area contributed by atoms with Crippen molar-refractivity contribution in [2.24, 2.45) is 5.92 Å². The molecule has 2 aromatic carbocycles. The SMILES string of the molecule is Cc1ccc([C@H](C)NC(=O)[C@H]2CCCN(S(=O)(=O)c3ccccc3)C2)cc1. The van der Waals surface area contributed by atoms with E-state index in [0.717, 1.165) is 5.56 Å². The Hall–Kier alpha value is -2.18. The second-order valence-corrected chi connectivity index (χ2v) is 9.09. The van der Waals surface area contributed by atoms with E-state index in [4.69, 9.17) is 0 Å². The average Bonchev–Trinajstić information content (AvgIpc) is 2.69. The summed E-state index contributed by atoms with van der Waals surface area (Å²) in [5.74, 6) is -0.416. The maximum atomic E-state index is 12.8. The second-order valence-electron chi connectivity index (χ2n) is 7.16. The molecular formula is C21H26N2O3S. The maximum Gasteiger partial charge on any atom is 0.243 e. The van der Waals surface area contributed by atoms with E-state index >= 15 is 0 Å². The molecule has 1 N–H and O–H groups in total. The molecule has 0 saturated carbocycles. The molecular weight excluding hydrogens is 360 g/mol. The minimum atomic E-state index is -3.56. The first kappa shape index (κ1) is 19.6. The number of hydrogen-bond donors (Lipinski definition) is 1. The molecule has 1 aliphatic rings. The summed E-state index contributed by atoms with van der Waals surface area (Å²) >= 11 is 0. The van der Waals surface area contributed by atoms with Crippen molar-refractivity contribution in [1.29, 1.82) is 0 Å². The third-order valence-corrected chi connectivity index (χ3v) is 6.95. The van der Waals surface area contributed by atoms with Crippen LogP contribution in [-0.4, -0.2) is 31.7 Å². The van der Waals surface area contributed by atoms with Gasteiger partial charge in [-0.2, -0.15) is 4.31 Å². The van der Waals surface area contributed by atoms with Crippen LogP contribution in [0.3, 0.4) is 0 Å². The minimum Gasteiger partial charge on any atom is -0.349 e. The van der Waals surface area contributed by atoms with Gasteiger partial charge in [-0.1, -0.05) is 48.0 Å². The monoisotopic (exact) mass is 386 g/mol. The quantitative estimate of drug-likeness (QED) is 0.858. The van der Waals surface area contributed by atoms with Crippen LogP contribution >= 0.6 is 0 Å². The van der Waals surface area contributed by atoms with Gasteiger partial charge in [0.1, 0.15) is 0 Å². The normalized spacial score (nSPS) is 19.4. The zero-order valence-electron chi connectivity index (χ0n) is 15.8. The topological polar surface area (TPSA) is 66.5 Å². The van der Waals surface area contributed by atoms with Crippen LogP contribution < -0.4 is 5.32 Å². The van der Waals surface area contributed by atoms with Crippen LogP contribution in [-0.2, 0) is 14.8 Å². The van der Waals surface area contributed by atoms with Crippen LogP contribution in [0.1, 0.15) is 36.9 Å². The number of aryl methyl sites for hydroxylation is 1. The molecule has 0 aromatic heterocycles. The van der Waals surface area contributed by atoms with E-state index in [2.05, 4.69) is 5.32 Å². The molecule has 0 radical (unpaired) electrons. The molecule has 5 nitrogen and oxygen atoms in total. The van der Waals surface area contributed by atoms with E-state index in [9.17, 15) is 13.2 Å². The van der Waals surface area contributed by atoms with Crippen LogP contribution in [0.2, 0.25) is 0 Å². The van der Waals surface area contributed by atoms with Crippen LogP contribution in [0.25, 0.3) is 0 Å². The predicted molar refractivity (Wildman–Crippen MR) is 106 cm³/mol. The van der Waals surface area contributed by atoms with Crippen LogP contribution in [0.15, 0.2) is 59.5 Å². The number of rotatable bonds is 5. The average molecular weight is 387 g/mol. The number of nitrogens with zero attached hydrogens (tertiary/aromatic N) is 1. The first-order chi connectivity index (χ1) is 12.9. The van der Waals surface area contributed by atoms with Gasteiger partial charge in [0, 0.05) is 13.1 Å². The molecule has 2 atom stereocenters. The summed E-state index contributed by atoms with van der Waals surface area (Å²) in [6.07, 6.45) is 1.39. The van der Waals surface area contributed by atoms with Gasteiger partial charge in [-0.15, -0.1) is 0 Å². The molecule has 6 heteroatoms. The number of benzene rings is 2. The first-order valence-corrected chi connectivity index (χ1v) is 10.7. The van der Waals surface area contributed by atoms with Gasteiger partial charge in [0.15, 0.2) is 0 Å². The molecule has 27 heavy (non-hydrogen) atoms. The molecule has 0 aliphatic carbocycles. The van der Waals surface area contributed by atoms with Crippen molar-refractivity contribution < 1.29 is 13.2 Å². The van der Waals surface area contributed by atoms with E-state index in [0.29, 0.717) is 19.4 Å². The lowest BCUT2D eigenvalue weighted by molar-refractivity contribution is -0.126. The maximum absolute atomic E-state index is 12.8. The van der Waals surface area contributed by atoms with Crippen molar-refractivity contribution >= 4 is 15.9 Å². The van der Waals surface area contributed by atoms with E-state index in [1.54, 1.807) is 30.3 Å². The van der Waals surface area contributed by atoms with Crippen molar-refractivity contribution in [3.05, 3.63) is 65.7 Å². The molecule has 1 amide bonds. The fourth-order valence-corrected chi connectivity index (χ4v) is 4.93. The minimum absolute atomic E-state index is 0.0870. The standard InChI is InChI=1S/C21H26N2O3S/c1-16-10-12-18(13-11-16)17(2)22-21(24)19-7-6-14-23(15-19)27(25,26)20-8-4-3-5-9-20/h3-5,8-13,17,19H,6-7,14-15H2,1-2H3,(H,22,24)/t17-,19-/m0/s1. The van der Waals surface area contributed by atoms with Gasteiger partial charge in [0.05, 0.1) is 16.9 Å². The van der Waals surface area contributed by atoms with E-state index < -0.39 is 10.0 Å². The molecule has 1 aliphatic heterocycles. The van der Waals surface area contributed by atoms with Gasteiger partial charge in [0.2, 0.25) is 15.9 Å². The smallest absolute Gasteiger partial charge is 0.243 e. The van der Waals surface area contributed by atoms with Gasteiger partial charge < -0.3 is 5.32 Å². The number of carbonyl (C=O) groups excluding carboxylic acids is 1. The summed E-state index contributed by atoms with van der Waals surface area (Å²) in [5, 5.41) is 3.04. The second kappa shape index (κ2) is 8.23. The Balaban J connectivity index is 1.67. The summed E-state index contributed by atoms with van der Waals surface area (Å²) in [6, 6.07) is 16.4. The lowest BCUT2D eigenvalue weighted by Gasteiger charge is -2.32. The molecule has 1 fully saturated rings. The molecule has 0 unspecified atom stereocenters. The number of amides is 1. The van der Waals surface area contributed by atoms with Crippen molar-refractivity contribution in [3.8, 4) is 0 Å². The van der Waals surface area contributed by atoms with Crippen molar-refractivity contribution in [1.82, 2.24) is 9.62 Å². The fraction of sp³-hybridized carbons (Fsp3) is 0.381. The summed E-state index contributed by atoms with van der Waals surface area (Å²) in [5.41, 5.74) is 2.21. The predicted octanol–water partition coefficient (Wildman–Crippen LogP) is 3.27. The highest BCUT2D eigenvalue weighted by atomic mass is 32.2. The Labute approximate surface area is 161 Å². The molecule has 3 rings (SSSR count). The van der Waals surface area contributed by atoms with Gasteiger partial charge in [0.25, 0.3) is 0 Å². The summed E-state index contributed by atoms with van der Waals surface area (Å²) < 4.78 is 27.1. The van der Waals surface area contributed by atoms with E-state index in [-0.39, 0.29) is 29.3 Å². The fourth-order valence-electron chi connectivity index (χ4n) is 3.39. The van der Waals surface area contributed by atoms with Crippen molar-refractivity contribution in [2.75, 3.05) is 13.1 Å². The van der Waals surface area contributed by atoms with Crippen LogP contribution in [0.4, 0.5) is 0 Å². The Bertz CT molecular complexity index is 879. The first-order valence-electron chi connectivity index (χ1n) is 9.30. The van der Waals surface area contributed by atoms with Crippen molar-refractivity contribution in [3.63, 3.8) is 0 Å². The van der Waals surface area contributed by atoms with Gasteiger partial charge >= 0.3 is 0 Å². The molecule has 1 saturated heterocycles. The summed E-state index contributed by atoms with van der Waals surface area (Å²) in [4.78, 5) is 13.0. The lowest BCUT2D eigenvalue weighted by Crippen LogP contribution is -2.45. The van der Waals surface area contributed by atoms with Gasteiger partial charge in [-0.3, -0.25) is 4.79 Å². The van der Waals surface area contributed by atoms with E-state index in [1.165, 1.54) is 9.87 Å². The van der Waals surface area contributed by atoms with Crippen molar-refractivity contribution in [2.45, 2.75) is 37.6 Å². The van der Waals surface area contributed by atoms with E-state index in [1.807, 2.05) is 38.1 Å². The Morgan fingerprint density at radius 3 is 2.44 bits per heavy atom. The molecule has 2 aromatic rings. The van der Waals surface area contributed by atoms with Gasteiger partial charge in [-0.05, 0) is 44.4 Å². The Kier molecular flexibility index (Phi) is 5.97. The molecule has 144 valence electrons. The highest BCUT2D eigenvalue weighted by Gasteiger charge is 2.33. The largest absolute Gasteiger partial charge is 0.349 e. The Morgan fingerprint density at radius 1 is 1.11 bits per heavy atom. The number of nitrogens with one attached hydrogen (secondary N) is 1. The number of sulfonamides is 1. The Morgan fingerprint density at radius 2 is 1.78 bits per heavy atom. The molecule has 1 heterocycles. The number of piperidine rings is 1. The zero-order valence-corrected chi connectivity index (χ0v) is 16.6. The molecule has 0 spiro atoms. The van der Waals surface area contributed by atoms with Crippen LogP contribution in [0, 0.1) is 12.8 Å². The third kappa shape index (κ3) is 4.57. The van der Waals surface area contributed by atoms with Crippen LogP contribution in [0.5, 0.6) is 0 Å². The highest BCUT2D eigenvalue weighted by molar-refractivity contribution is 7.89. The summed E-state index contributed by atoms with van der Waals surface area (Å²) in [7, 11) is -3.56. The zero-order chi connectivity index (χ0) is 19.4. The highest BCUT2D eigenvalue weighted by Crippen LogP contribution is 2.24. The number of hydrogen-bond acceptors (Lipinski definition) is 3. The van der Waals surface area contributed by atoms with Gasteiger partial charge in [-0.25, -0.2) is 8.42 Å². The molecule has 0 bridgehead atoms.